The summed E-state index contributed by atoms with van der Waals surface area (Å²) in [5, 5.41) is 11.4. The molecule has 1 atom stereocenters. The Balaban J connectivity index is 2.21. The number of ether oxygens (including phenoxy) is 1. The third-order valence-electron chi connectivity index (χ3n) is 2.66. The Morgan fingerprint density at radius 2 is 2.11 bits per heavy atom. The lowest BCUT2D eigenvalue weighted by atomic mass is 10.1. The van der Waals surface area contributed by atoms with Crippen LogP contribution in [0.2, 0.25) is 0 Å². The highest BCUT2D eigenvalue weighted by Gasteiger charge is 2.25. The molecule has 1 aliphatic rings. The van der Waals surface area contributed by atoms with Crippen LogP contribution in [0.4, 0.5) is 4.79 Å². The smallest absolute Gasteiger partial charge is 0.407 e. The molecular formula is C12H22N2O4. The predicted molar refractivity (Wildman–Crippen MR) is 66.4 cm³/mol. The highest BCUT2D eigenvalue weighted by atomic mass is 16.6. The van der Waals surface area contributed by atoms with Crippen LogP contribution >= 0.6 is 0 Å². The van der Waals surface area contributed by atoms with Crippen LogP contribution in [0.15, 0.2) is 0 Å². The molecule has 104 valence electrons. The number of alkyl carbamates (subject to hydrolysis) is 1. The maximum atomic E-state index is 11.4. The van der Waals surface area contributed by atoms with E-state index in [9.17, 15) is 9.59 Å². The van der Waals surface area contributed by atoms with Crippen molar-refractivity contribution in [3.63, 3.8) is 0 Å². The highest BCUT2D eigenvalue weighted by Crippen LogP contribution is 2.15. The molecule has 1 unspecified atom stereocenters. The summed E-state index contributed by atoms with van der Waals surface area (Å²) in [4.78, 5) is 23.9. The van der Waals surface area contributed by atoms with Crippen molar-refractivity contribution in [2.45, 2.75) is 32.8 Å². The van der Waals surface area contributed by atoms with E-state index in [0.717, 1.165) is 13.0 Å². The summed E-state index contributed by atoms with van der Waals surface area (Å²) >= 11 is 0. The zero-order valence-electron chi connectivity index (χ0n) is 11.2. The van der Waals surface area contributed by atoms with E-state index in [-0.39, 0.29) is 6.54 Å². The van der Waals surface area contributed by atoms with Gasteiger partial charge in [-0.3, -0.25) is 9.69 Å². The van der Waals surface area contributed by atoms with Crippen LogP contribution in [0, 0.1) is 5.92 Å². The first-order valence-corrected chi connectivity index (χ1v) is 6.17. The van der Waals surface area contributed by atoms with Crippen molar-refractivity contribution in [3.8, 4) is 0 Å². The lowest BCUT2D eigenvalue weighted by Gasteiger charge is -2.20. The molecule has 18 heavy (non-hydrogen) atoms. The average molecular weight is 258 g/mol. The zero-order valence-corrected chi connectivity index (χ0v) is 11.2. The second kappa shape index (κ2) is 6.04. The summed E-state index contributed by atoms with van der Waals surface area (Å²) in [7, 11) is 0. The minimum Gasteiger partial charge on any atom is -0.480 e. The van der Waals surface area contributed by atoms with Gasteiger partial charge in [-0.25, -0.2) is 4.79 Å². The van der Waals surface area contributed by atoms with Gasteiger partial charge in [-0.1, -0.05) is 0 Å². The van der Waals surface area contributed by atoms with Crippen LogP contribution in [0.1, 0.15) is 27.2 Å². The average Bonchev–Trinajstić information content (AvgIpc) is 2.59. The molecule has 0 aromatic heterocycles. The molecule has 1 rings (SSSR count). The van der Waals surface area contributed by atoms with Crippen molar-refractivity contribution < 1.29 is 19.4 Å². The number of carbonyl (C=O) groups is 2. The van der Waals surface area contributed by atoms with E-state index in [1.807, 2.05) is 25.7 Å². The molecule has 0 radical (unpaired) electrons. The summed E-state index contributed by atoms with van der Waals surface area (Å²) < 4.78 is 5.13. The van der Waals surface area contributed by atoms with E-state index in [0.29, 0.717) is 19.0 Å². The molecule has 0 spiro atoms. The van der Waals surface area contributed by atoms with Crippen molar-refractivity contribution >= 4 is 12.1 Å². The second-order valence-corrected chi connectivity index (χ2v) is 5.67. The number of nitrogens with zero attached hydrogens (tertiary/aromatic N) is 1. The Bertz CT molecular complexity index is 312. The van der Waals surface area contributed by atoms with Crippen molar-refractivity contribution in [2.75, 3.05) is 26.2 Å². The Kier molecular flexibility index (Phi) is 4.95. The molecule has 1 aliphatic heterocycles. The number of carboxylic acids is 1. The zero-order chi connectivity index (χ0) is 13.8. The van der Waals surface area contributed by atoms with Gasteiger partial charge in [0.25, 0.3) is 0 Å². The molecule has 6 nitrogen and oxygen atoms in total. The molecule has 0 saturated carbocycles. The molecule has 1 saturated heterocycles. The minimum atomic E-state index is -0.809. The van der Waals surface area contributed by atoms with Crippen LogP contribution in [0.3, 0.4) is 0 Å². The molecule has 1 fully saturated rings. The Hall–Kier alpha value is -1.30. The topological polar surface area (TPSA) is 78.9 Å². The first-order chi connectivity index (χ1) is 8.26. The molecule has 0 aromatic carbocycles. The Labute approximate surface area is 107 Å². The number of hydrogen-bond donors (Lipinski definition) is 2. The van der Waals surface area contributed by atoms with Gasteiger partial charge < -0.3 is 15.2 Å². The third kappa shape index (κ3) is 5.86. The van der Waals surface area contributed by atoms with Crippen LogP contribution < -0.4 is 5.32 Å². The second-order valence-electron chi connectivity index (χ2n) is 5.67. The first-order valence-electron chi connectivity index (χ1n) is 6.17. The fraction of sp³-hybridized carbons (Fsp3) is 0.833. The van der Waals surface area contributed by atoms with Crippen molar-refractivity contribution in [1.82, 2.24) is 10.2 Å². The number of carbonyl (C=O) groups excluding carboxylic acids is 1. The van der Waals surface area contributed by atoms with Crippen LogP contribution in [0.25, 0.3) is 0 Å². The van der Waals surface area contributed by atoms with Gasteiger partial charge in [0.1, 0.15) is 5.60 Å². The Morgan fingerprint density at radius 3 is 2.67 bits per heavy atom. The van der Waals surface area contributed by atoms with Gasteiger partial charge in [-0.05, 0) is 39.7 Å². The summed E-state index contributed by atoms with van der Waals surface area (Å²) in [5.74, 6) is -0.507. The number of carboxylic acid groups (broad SMARTS) is 1. The van der Waals surface area contributed by atoms with Gasteiger partial charge >= 0.3 is 12.1 Å². The standard InChI is InChI=1S/C12H22N2O4/c1-12(2,3)18-11(17)13-6-9-4-5-14(7-9)8-10(15)16/h9H,4-8H2,1-3H3,(H,13,17)(H,15,16). The van der Waals surface area contributed by atoms with Gasteiger partial charge in [0.2, 0.25) is 0 Å². The third-order valence-corrected chi connectivity index (χ3v) is 2.66. The number of hydrogen-bond acceptors (Lipinski definition) is 4. The molecule has 2 N–H and O–H groups in total. The van der Waals surface area contributed by atoms with Crippen molar-refractivity contribution in [2.24, 2.45) is 5.92 Å². The van der Waals surface area contributed by atoms with E-state index in [1.165, 1.54) is 0 Å². The number of rotatable bonds is 4. The molecule has 0 aliphatic carbocycles. The van der Waals surface area contributed by atoms with Gasteiger partial charge in [0.15, 0.2) is 0 Å². The van der Waals surface area contributed by atoms with E-state index in [4.69, 9.17) is 9.84 Å². The largest absolute Gasteiger partial charge is 0.480 e. The Morgan fingerprint density at radius 1 is 1.44 bits per heavy atom. The highest BCUT2D eigenvalue weighted by molar-refractivity contribution is 5.69. The summed E-state index contributed by atoms with van der Waals surface area (Å²) in [6.07, 6.45) is 0.488. The molecular weight excluding hydrogens is 236 g/mol. The summed E-state index contributed by atoms with van der Waals surface area (Å²) in [6, 6.07) is 0. The fourth-order valence-electron chi connectivity index (χ4n) is 1.96. The SMILES string of the molecule is CC(C)(C)OC(=O)NCC1CCN(CC(=O)O)C1. The number of likely N-dealkylation sites (tertiary alicyclic amines) is 1. The van der Waals surface area contributed by atoms with Gasteiger partial charge in [0.05, 0.1) is 6.54 Å². The lowest BCUT2D eigenvalue weighted by molar-refractivity contribution is -0.138. The van der Waals surface area contributed by atoms with Crippen LogP contribution in [-0.2, 0) is 9.53 Å². The molecule has 1 heterocycles. The number of aliphatic carboxylic acids is 1. The summed E-state index contributed by atoms with van der Waals surface area (Å²) in [5.41, 5.74) is -0.491. The van der Waals surface area contributed by atoms with E-state index < -0.39 is 17.7 Å². The molecule has 0 bridgehead atoms. The number of nitrogens with one attached hydrogen (secondary N) is 1. The van der Waals surface area contributed by atoms with E-state index in [1.54, 1.807) is 0 Å². The minimum absolute atomic E-state index is 0.0724. The predicted octanol–water partition coefficient (Wildman–Crippen LogP) is 0.918. The van der Waals surface area contributed by atoms with Gasteiger partial charge in [-0.2, -0.15) is 0 Å². The van der Waals surface area contributed by atoms with E-state index in [2.05, 4.69) is 5.32 Å². The molecule has 1 amide bonds. The van der Waals surface area contributed by atoms with Gasteiger partial charge in [0, 0.05) is 13.1 Å². The lowest BCUT2D eigenvalue weighted by Crippen LogP contribution is -2.36. The quantitative estimate of drug-likeness (QED) is 0.784. The maximum Gasteiger partial charge on any atom is 0.407 e. The van der Waals surface area contributed by atoms with Crippen LogP contribution in [0.5, 0.6) is 0 Å². The molecule has 0 aromatic rings. The van der Waals surface area contributed by atoms with E-state index >= 15 is 0 Å². The van der Waals surface area contributed by atoms with Gasteiger partial charge in [-0.15, -0.1) is 0 Å². The number of amides is 1. The summed E-state index contributed by atoms with van der Waals surface area (Å²) in [6.45, 7) is 7.53. The van der Waals surface area contributed by atoms with Crippen molar-refractivity contribution in [1.29, 1.82) is 0 Å². The van der Waals surface area contributed by atoms with Crippen LogP contribution in [-0.4, -0.2) is 53.8 Å². The monoisotopic (exact) mass is 258 g/mol. The fourth-order valence-corrected chi connectivity index (χ4v) is 1.96. The van der Waals surface area contributed by atoms with Crippen molar-refractivity contribution in [3.05, 3.63) is 0 Å². The maximum absolute atomic E-state index is 11.4. The normalized spacial score (nSPS) is 20.7. The first kappa shape index (κ1) is 14.8. The molecule has 6 heteroatoms.